The molecule has 0 aliphatic heterocycles. The van der Waals surface area contributed by atoms with E-state index in [1.807, 2.05) is 6.07 Å². The van der Waals surface area contributed by atoms with Crippen molar-refractivity contribution in [2.75, 3.05) is 11.8 Å². The van der Waals surface area contributed by atoms with Crippen molar-refractivity contribution in [1.29, 1.82) is 0 Å². The van der Waals surface area contributed by atoms with Crippen molar-refractivity contribution in [3.05, 3.63) is 30.3 Å². The molecule has 0 aliphatic rings. The topological polar surface area (TPSA) is 35.5 Å². The monoisotopic (exact) mass is 310 g/mol. The minimum Gasteiger partial charge on any atom is -0.301 e. The molecule has 1 rings (SSSR count). The van der Waals surface area contributed by atoms with Crippen LogP contribution >= 0.6 is 30.8 Å². The molecule has 102 valence electrons. The molecule has 0 fully saturated rings. The van der Waals surface area contributed by atoms with E-state index in [0.29, 0.717) is 5.30 Å². The summed E-state index contributed by atoms with van der Waals surface area (Å²) in [4.78, 5) is 0. The lowest BCUT2D eigenvalue weighted by Gasteiger charge is -2.24. The fourth-order valence-corrected chi connectivity index (χ4v) is 3.52. The highest BCUT2D eigenvalue weighted by Crippen LogP contribution is 2.49. The Balaban J connectivity index is 2.98. The molecule has 0 N–H and O–H groups in total. The smallest absolute Gasteiger partial charge is 0.301 e. The summed E-state index contributed by atoms with van der Waals surface area (Å²) in [6.07, 6.45) is -0.722. The Morgan fingerprint density at radius 2 is 1.50 bits per heavy atom. The van der Waals surface area contributed by atoms with Gasteiger partial charge in [0.25, 0.3) is 0 Å². The second-order valence-corrected chi connectivity index (χ2v) is 6.52. The highest BCUT2D eigenvalue weighted by atomic mass is 35.5. The van der Waals surface area contributed by atoms with Crippen LogP contribution in [0.25, 0.3) is 0 Å². The molecule has 2 atom stereocenters. The molecular weight excluding hydrogens is 294 g/mol. The summed E-state index contributed by atoms with van der Waals surface area (Å²) in [5.74, 6) is 0.491. The van der Waals surface area contributed by atoms with Gasteiger partial charge in [0.2, 0.25) is 0 Å². The zero-order valence-electron chi connectivity index (χ0n) is 10.4. The molecule has 0 aromatic heterocycles. The fraction of sp³-hybridized carbons (Fsp3) is 0.500. The van der Waals surface area contributed by atoms with Crippen molar-refractivity contribution in [2.45, 2.75) is 26.1 Å². The van der Waals surface area contributed by atoms with Gasteiger partial charge in [-0.15, -0.1) is 23.2 Å². The van der Waals surface area contributed by atoms with Crippen LogP contribution in [-0.2, 0) is 13.6 Å². The van der Waals surface area contributed by atoms with E-state index in [1.165, 1.54) is 0 Å². The molecule has 1 aromatic carbocycles. The maximum Gasteiger partial charge on any atom is 0.361 e. The molecule has 18 heavy (non-hydrogen) atoms. The summed E-state index contributed by atoms with van der Waals surface area (Å²) in [5, 5.41) is 0.513. The Morgan fingerprint density at radius 3 is 1.89 bits per heavy atom. The highest BCUT2D eigenvalue weighted by molar-refractivity contribution is 7.62. The van der Waals surface area contributed by atoms with Gasteiger partial charge in [0.1, 0.15) is 0 Å². The van der Waals surface area contributed by atoms with Crippen molar-refractivity contribution in [3.63, 3.8) is 0 Å². The maximum atomic E-state index is 12.8. The van der Waals surface area contributed by atoms with E-state index in [-0.39, 0.29) is 24.0 Å². The molecule has 0 spiro atoms. The first-order valence-electron chi connectivity index (χ1n) is 5.66. The van der Waals surface area contributed by atoms with Crippen LogP contribution < -0.4 is 5.30 Å². The Labute approximate surface area is 118 Å². The first kappa shape index (κ1) is 16.0. The van der Waals surface area contributed by atoms with Crippen molar-refractivity contribution in [3.8, 4) is 0 Å². The summed E-state index contributed by atoms with van der Waals surface area (Å²) in [5.41, 5.74) is 0. The van der Waals surface area contributed by atoms with E-state index in [2.05, 4.69) is 0 Å². The molecule has 0 saturated carbocycles. The molecule has 0 radical (unpaired) electrons. The van der Waals surface area contributed by atoms with E-state index in [4.69, 9.17) is 32.2 Å². The quantitative estimate of drug-likeness (QED) is 0.568. The Kier molecular flexibility index (Phi) is 6.68. The first-order chi connectivity index (χ1) is 8.51. The van der Waals surface area contributed by atoms with Gasteiger partial charge in [-0.05, 0) is 26.0 Å². The average molecular weight is 311 g/mol. The van der Waals surface area contributed by atoms with Crippen LogP contribution in [0, 0.1) is 0 Å². The van der Waals surface area contributed by atoms with Gasteiger partial charge < -0.3 is 9.05 Å². The number of alkyl halides is 2. The number of hydrogen-bond acceptors (Lipinski definition) is 3. The van der Waals surface area contributed by atoms with Gasteiger partial charge in [-0.25, -0.2) is 0 Å². The molecule has 0 saturated heterocycles. The molecule has 1 aromatic rings. The summed E-state index contributed by atoms with van der Waals surface area (Å²) in [7, 11) is -3.39. The van der Waals surface area contributed by atoms with Gasteiger partial charge in [-0.3, -0.25) is 4.57 Å². The third kappa shape index (κ3) is 4.56. The third-order valence-corrected chi connectivity index (χ3v) is 5.22. The standard InChI is InChI=1S/C12H17Cl2O3P/c1-10(8-13)16-18(15,17-11(2)9-14)12-6-4-3-5-7-12/h3-7,10-11H,8-9H2,1-2H3. The molecule has 3 nitrogen and oxygen atoms in total. The number of benzene rings is 1. The van der Waals surface area contributed by atoms with Crippen molar-refractivity contribution in [2.24, 2.45) is 0 Å². The van der Waals surface area contributed by atoms with Gasteiger partial charge in [-0.1, -0.05) is 18.2 Å². The lowest BCUT2D eigenvalue weighted by Crippen LogP contribution is -2.20. The summed E-state index contributed by atoms with van der Waals surface area (Å²) >= 11 is 11.4. The fourth-order valence-electron chi connectivity index (χ4n) is 1.29. The minimum atomic E-state index is -3.39. The van der Waals surface area contributed by atoms with E-state index in [1.54, 1.807) is 38.1 Å². The number of rotatable bonds is 7. The van der Waals surface area contributed by atoms with Crippen molar-refractivity contribution >= 4 is 36.1 Å². The average Bonchev–Trinajstić information content (AvgIpc) is 2.39. The van der Waals surface area contributed by atoms with Crippen molar-refractivity contribution in [1.82, 2.24) is 0 Å². The van der Waals surface area contributed by atoms with Crippen LogP contribution in [0.15, 0.2) is 30.3 Å². The summed E-state index contributed by atoms with van der Waals surface area (Å²) < 4.78 is 23.8. The lowest BCUT2D eigenvalue weighted by atomic mass is 10.4. The van der Waals surface area contributed by atoms with Gasteiger partial charge in [0.05, 0.1) is 17.5 Å². The first-order valence-corrected chi connectivity index (χ1v) is 8.27. The van der Waals surface area contributed by atoms with Crippen LogP contribution in [0.5, 0.6) is 0 Å². The van der Waals surface area contributed by atoms with Gasteiger partial charge >= 0.3 is 7.60 Å². The SMILES string of the molecule is CC(CCl)OP(=O)(OC(C)CCl)c1ccccc1. The van der Waals surface area contributed by atoms with E-state index >= 15 is 0 Å². The number of halogens is 2. The van der Waals surface area contributed by atoms with Gasteiger partial charge in [-0.2, -0.15) is 0 Å². The van der Waals surface area contributed by atoms with Crippen LogP contribution in [0.1, 0.15) is 13.8 Å². The van der Waals surface area contributed by atoms with Crippen LogP contribution in [0.2, 0.25) is 0 Å². The van der Waals surface area contributed by atoms with Crippen molar-refractivity contribution < 1.29 is 13.6 Å². The third-order valence-electron chi connectivity index (χ3n) is 2.14. The summed E-state index contributed by atoms with van der Waals surface area (Å²) in [6, 6.07) is 8.83. The molecule has 2 unspecified atom stereocenters. The normalized spacial score (nSPS) is 18.0. The maximum absolute atomic E-state index is 12.8. The molecule has 0 aliphatic carbocycles. The summed E-state index contributed by atoms with van der Waals surface area (Å²) in [6.45, 7) is 3.49. The molecule has 0 amide bonds. The largest absolute Gasteiger partial charge is 0.361 e. The van der Waals surface area contributed by atoms with Crippen LogP contribution in [0.3, 0.4) is 0 Å². The van der Waals surface area contributed by atoms with Gasteiger partial charge in [0.15, 0.2) is 0 Å². The zero-order chi connectivity index (χ0) is 13.6. The second kappa shape index (κ2) is 7.52. The predicted molar refractivity (Wildman–Crippen MR) is 76.2 cm³/mol. The molecule has 0 heterocycles. The number of hydrogen-bond donors (Lipinski definition) is 0. The molecular formula is C12H17Cl2O3P. The lowest BCUT2D eigenvalue weighted by molar-refractivity contribution is 0.152. The van der Waals surface area contributed by atoms with E-state index in [9.17, 15) is 4.57 Å². The van der Waals surface area contributed by atoms with E-state index < -0.39 is 7.60 Å². The highest BCUT2D eigenvalue weighted by Gasteiger charge is 2.31. The predicted octanol–water partition coefficient (Wildman–Crippen LogP) is 3.79. The van der Waals surface area contributed by atoms with Crippen LogP contribution in [0.4, 0.5) is 0 Å². The molecule has 0 bridgehead atoms. The van der Waals surface area contributed by atoms with Gasteiger partial charge in [0, 0.05) is 11.8 Å². The Morgan fingerprint density at radius 1 is 1.06 bits per heavy atom. The Bertz CT molecular complexity index is 384. The zero-order valence-corrected chi connectivity index (χ0v) is 12.8. The second-order valence-electron chi connectivity index (χ2n) is 3.97. The van der Waals surface area contributed by atoms with E-state index in [0.717, 1.165) is 0 Å². The van der Waals surface area contributed by atoms with Crippen LogP contribution in [-0.4, -0.2) is 24.0 Å². The Hall–Kier alpha value is -0.0500. The molecule has 6 heteroatoms. The minimum absolute atomic E-state index is 0.245.